The summed E-state index contributed by atoms with van der Waals surface area (Å²) < 4.78 is 64.0. The van der Waals surface area contributed by atoms with Crippen LogP contribution in [0.1, 0.15) is 25.0 Å². The molecule has 2 fully saturated rings. The van der Waals surface area contributed by atoms with Gasteiger partial charge in [0.15, 0.2) is 10.8 Å². The third-order valence-electron chi connectivity index (χ3n) is 3.84. The van der Waals surface area contributed by atoms with Crippen LogP contribution in [0.3, 0.4) is 0 Å². The van der Waals surface area contributed by atoms with E-state index in [1.165, 1.54) is 0 Å². The summed E-state index contributed by atoms with van der Waals surface area (Å²) in [5.41, 5.74) is -1.98. The summed E-state index contributed by atoms with van der Waals surface area (Å²) in [6.07, 6.45) is -3.63. The number of alkyl halides is 5. The molecule has 1 aliphatic heterocycles. The van der Waals surface area contributed by atoms with Crippen LogP contribution >= 0.6 is 11.3 Å². The van der Waals surface area contributed by atoms with E-state index in [0.717, 1.165) is 16.7 Å². The molecule has 3 rings (SSSR count). The number of thiazole rings is 1. The second-order valence-corrected chi connectivity index (χ2v) is 6.04. The maximum atomic E-state index is 13.3. The van der Waals surface area contributed by atoms with E-state index in [-0.39, 0.29) is 18.1 Å². The minimum atomic E-state index is -4.48. The van der Waals surface area contributed by atoms with Crippen LogP contribution in [0.25, 0.3) is 0 Å². The summed E-state index contributed by atoms with van der Waals surface area (Å²) in [4.78, 5) is 5.08. The van der Waals surface area contributed by atoms with Gasteiger partial charge in [-0.1, -0.05) is 0 Å². The first-order valence-corrected chi connectivity index (χ1v) is 6.77. The average Bonchev–Trinajstić information content (AvgIpc) is 2.68. The van der Waals surface area contributed by atoms with Crippen LogP contribution in [0.15, 0.2) is 5.38 Å². The van der Waals surface area contributed by atoms with Gasteiger partial charge >= 0.3 is 6.18 Å². The molecule has 1 saturated carbocycles. The van der Waals surface area contributed by atoms with E-state index in [0.29, 0.717) is 19.4 Å². The topological polar surface area (TPSA) is 16.1 Å². The SMILES string of the molecule is FC(F)(F)c1csc(N2CCCC3(C2)CC3(F)F)n1. The molecule has 106 valence electrons. The molecule has 0 amide bonds. The van der Waals surface area contributed by atoms with Crippen LogP contribution in [0.5, 0.6) is 0 Å². The van der Waals surface area contributed by atoms with Crippen molar-refractivity contribution < 1.29 is 22.0 Å². The predicted octanol–water partition coefficient (Wildman–Crippen LogP) is 3.79. The Bertz CT molecular complexity index is 498. The summed E-state index contributed by atoms with van der Waals surface area (Å²) in [5, 5.41) is 1.12. The lowest BCUT2D eigenvalue weighted by Crippen LogP contribution is -2.39. The molecule has 0 bridgehead atoms. The molecule has 19 heavy (non-hydrogen) atoms. The van der Waals surface area contributed by atoms with E-state index in [1.54, 1.807) is 4.90 Å². The fourth-order valence-electron chi connectivity index (χ4n) is 2.66. The first kappa shape index (κ1) is 13.1. The van der Waals surface area contributed by atoms with Crippen LogP contribution in [0.2, 0.25) is 0 Å². The van der Waals surface area contributed by atoms with Gasteiger partial charge in [0.25, 0.3) is 5.92 Å². The van der Waals surface area contributed by atoms with E-state index in [9.17, 15) is 22.0 Å². The second-order valence-electron chi connectivity index (χ2n) is 5.20. The summed E-state index contributed by atoms with van der Waals surface area (Å²) in [6.45, 7) is 0.591. The third-order valence-corrected chi connectivity index (χ3v) is 4.74. The van der Waals surface area contributed by atoms with Crippen molar-refractivity contribution in [3.8, 4) is 0 Å². The zero-order valence-corrected chi connectivity index (χ0v) is 10.6. The van der Waals surface area contributed by atoms with Crippen molar-refractivity contribution in [2.45, 2.75) is 31.4 Å². The molecule has 0 aromatic carbocycles. The maximum absolute atomic E-state index is 13.3. The quantitative estimate of drug-likeness (QED) is 0.733. The molecule has 0 N–H and O–H groups in total. The van der Waals surface area contributed by atoms with Gasteiger partial charge in [-0.2, -0.15) is 13.2 Å². The van der Waals surface area contributed by atoms with Crippen LogP contribution in [-0.2, 0) is 6.18 Å². The normalized spacial score (nSPS) is 29.8. The Morgan fingerprint density at radius 2 is 2.00 bits per heavy atom. The summed E-state index contributed by atoms with van der Waals surface area (Å²) in [7, 11) is 0. The molecule has 1 aliphatic carbocycles. The zero-order chi connectivity index (χ0) is 13.9. The zero-order valence-electron chi connectivity index (χ0n) is 9.81. The lowest BCUT2D eigenvalue weighted by molar-refractivity contribution is -0.140. The molecule has 2 heterocycles. The van der Waals surface area contributed by atoms with Crippen molar-refractivity contribution >= 4 is 16.5 Å². The number of hydrogen-bond donors (Lipinski definition) is 0. The monoisotopic (exact) mass is 298 g/mol. The van der Waals surface area contributed by atoms with Gasteiger partial charge in [-0.3, -0.25) is 0 Å². The van der Waals surface area contributed by atoms with E-state index >= 15 is 0 Å². The van der Waals surface area contributed by atoms with Gasteiger partial charge in [-0.15, -0.1) is 11.3 Å². The minimum Gasteiger partial charge on any atom is -0.347 e. The van der Waals surface area contributed by atoms with Crippen molar-refractivity contribution in [3.05, 3.63) is 11.1 Å². The van der Waals surface area contributed by atoms with Gasteiger partial charge in [0.1, 0.15) is 0 Å². The highest BCUT2D eigenvalue weighted by Gasteiger charge is 2.71. The minimum absolute atomic E-state index is 0.102. The molecule has 1 spiro atoms. The Morgan fingerprint density at radius 1 is 1.32 bits per heavy atom. The van der Waals surface area contributed by atoms with Gasteiger partial charge in [0.2, 0.25) is 0 Å². The molecule has 1 aromatic heterocycles. The van der Waals surface area contributed by atoms with Crippen molar-refractivity contribution in [1.29, 1.82) is 0 Å². The standard InChI is InChI=1S/C11H11F5N2S/c12-10(13)5-9(10)2-1-3-18(6-9)8-17-7(4-19-8)11(14,15)16/h4H,1-3,5-6H2. The summed E-state index contributed by atoms with van der Waals surface area (Å²) >= 11 is 0.862. The molecular formula is C11H11F5N2S. The van der Waals surface area contributed by atoms with Gasteiger partial charge in [0.05, 0.1) is 5.41 Å². The number of nitrogens with zero attached hydrogens (tertiary/aromatic N) is 2. The largest absolute Gasteiger partial charge is 0.434 e. The smallest absolute Gasteiger partial charge is 0.347 e. The highest BCUT2D eigenvalue weighted by atomic mass is 32.1. The van der Waals surface area contributed by atoms with Gasteiger partial charge in [0, 0.05) is 24.9 Å². The number of aromatic nitrogens is 1. The van der Waals surface area contributed by atoms with Crippen molar-refractivity contribution in [3.63, 3.8) is 0 Å². The van der Waals surface area contributed by atoms with Gasteiger partial charge in [-0.25, -0.2) is 13.8 Å². The fourth-order valence-corrected chi connectivity index (χ4v) is 3.52. The molecule has 2 aliphatic rings. The highest BCUT2D eigenvalue weighted by Crippen LogP contribution is 2.64. The van der Waals surface area contributed by atoms with Crippen molar-refractivity contribution in [1.82, 2.24) is 4.98 Å². The Morgan fingerprint density at radius 3 is 2.53 bits per heavy atom. The van der Waals surface area contributed by atoms with Crippen LogP contribution < -0.4 is 4.90 Å². The van der Waals surface area contributed by atoms with E-state index in [2.05, 4.69) is 4.98 Å². The molecule has 0 radical (unpaired) electrons. The number of hydrogen-bond acceptors (Lipinski definition) is 3. The number of halogens is 5. The number of piperidine rings is 1. The van der Waals surface area contributed by atoms with Crippen LogP contribution in [-0.4, -0.2) is 24.0 Å². The number of anilines is 1. The maximum Gasteiger partial charge on any atom is 0.434 e. The van der Waals surface area contributed by atoms with Gasteiger partial charge in [-0.05, 0) is 12.8 Å². The average molecular weight is 298 g/mol. The Labute approximate surface area is 110 Å². The van der Waals surface area contributed by atoms with E-state index in [1.807, 2.05) is 0 Å². The van der Waals surface area contributed by atoms with Gasteiger partial charge < -0.3 is 4.90 Å². The molecule has 1 aromatic rings. The summed E-state index contributed by atoms with van der Waals surface area (Å²) in [5.74, 6) is -2.67. The first-order valence-electron chi connectivity index (χ1n) is 5.89. The first-order chi connectivity index (χ1) is 8.74. The van der Waals surface area contributed by atoms with E-state index < -0.39 is 23.2 Å². The van der Waals surface area contributed by atoms with Crippen LogP contribution in [0.4, 0.5) is 27.1 Å². The van der Waals surface area contributed by atoms with Crippen molar-refractivity contribution in [2.75, 3.05) is 18.0 Å². The lowest BCUT2D eigenvalue weighted by atomic mass is 9.95. The molecule has 8 heteroatoms. The summed E-state index contributed by atoms with van der Waals surface area (Å²) in [6, 6.07) is 0. The van der Waals surface area contributed by atoms with Crippen molar-refractivity contribution in [2.24, 2.45) is 5.41 Å². The van der Waals surface area contributed by atoms with E-state index in [4.69, 9.17) is 0 Å². The van der Waals surface area contributed by atoms with Crippen LogP contribution in [0, 0.1) is 5.41 Å². The Balaban J connectivity index is 1.78. The lowest BCUT2D eigenvalue weighted by Gasteiger charge is -2.32. The third kappa shape index (κ3) is 2.09. The molecule has 1 unspecified atom stereocenters. The fraction of sp³-hybridized carbons (Fsp3) is 0.727. The molecule has 1 saturated heterocycles. The predicted molar refractivity (Wildman–Crippen MR) is 60.6 cm³/mol. The Kier molecular flexibility index (Phi) is 2.62. The molecule has 1 atom stereocenters. The highest BCUT2D eigenvalue weighted by molar-refractivity contribution is 7.13. The second kappa shape index (κ2) is 3.80. The number of rotatable bonds is 1. The Hall–Kier alpha value is -0.920. The molecular weight excluding hydrogens is 287 g/mol. The molecule has 2 nitrogen and oxygen atoms in total.